The fourth-order valence-electron chi connectivity index (χ4n) is 2.17. The van der Waals surface area contributed by atoms with Crippen LogP contribution in [0.2, 0.25) is 0 Å². The van der Waals surface area contributed by atoms with Crippen LogP contribution in [0.3, 0.4) is 0 Å². The zero-order valence-corrected chi connectivity index (χ0v) is 6.99. The Kier molecular flexibility index (Phi) is 1.63. The number of rotatable bonds is 1. The van der Waals surface area contributed by atoms with Crippen molar-refractivity contribution >= 4 is 5.91 Å². The third kappa shape index (κ3) is 1.11. The minimum Gasteiger partial charge on any atom is -0.369 e. The number of amides is 1. The summed E-state index contributed by atoms with van der Waals surface area (Å²) in [5.74, 6) is -0.129. The van der Waals surface area contributed by atoms with E-state index in [9.17, 15) is 4.79 Å². The van der Waals surface area contributed by atoms with Crippen molar-refractivity contribution in [2.75, 3.05) is 6.54 Å². The molecule has 0 aromatic carbocycles. The van der Waals surface area contributed by atoms with E-state index < -0.39 is 0 Å². The van der Waals surface area contributed by atoms with E-state index in [1.165, 1.54) is 0 Å². The summed E-state index contributed by atoms with van der Waals surface area (Å²) < 4.78 is 0. The zero-order valence-electron chi connectivity index (χ0n) is 6.99. The van der Waals surface area contributed by atoms with Crippen LogP contribution in [-0.4, -0.2) is 18.0 Å². The van der Waals surface area contributed by atoms with Crippen LogP contribution < -0.4 is 5.73 Å². The molecule has 2 unspecified atom stereocenters. The Balaban J connectivity index is 2.06. The van der Waals surface area contributed by atoms with E-state index in [-0.39, 0.29) is 17.4 Å². The highest BCUT2D eigenvalue weighted by Crippen LogP contribution is 2.42. The van der Waals surface area contributed by atoms with Gasteiger partial charge in [-0.25, -0.2) is 0 Å². The van der Waals surface area contributed by atoms with E-state index in [1.807, 2.05) is 0 Å². The smallest absolute Gasteiger partial charge is 0.220 e. The molecule has 0 aromatic rings. The van der Waals surface area contributed by atoms with Gasteiger partial charge in [-0.3, -0.25) is 4.79 Å². The van der Waals surface area contributed by atoms with Crippen LogP contribution in [0.4, 0.5) is 0 Å². The van der Waals surface area contributed by atoms with Gasteiger partial charge >= 0.3 is 0 Å². The van der Waals surface area contributed by atoms with Gasteiger partial charge in [-0.2, -0.15) is 10.2 Å². The lowest BCUT2D eigenvalue weighted by atomic mass is 9.94. The Bertz CT molecular complexity index is 238. The largest absolute Gasteiger partial charge is 0.369 e. The molecular formula is C8H13N3O. The molecule has 66 valence electrons. The fraction of sp³-hybridized carbons (Fsp3) is 0.875. The number of nitrogens with two attached hydrogens (primary N) is 1. The van der Waals surface area contributed by atoms with E-state index in [1.54, 1.807) is 0 Å². The van der Waals surface area contributed by atoms with Crippen LogP contribution in [0, 0.1) is 5.92 Å². The minimum absolute atomic E-state index is 0.000301. The highest BCUT2D eigenvalue weighted by atomic mass is 16.1. The van der Waals surface area contributed by atoms with E-state index >= 15 is 0 Å². The Labute approximate surface area is 71.2 Å². The number of carbonyl (C=O) groups is 1. The van der Waals surface area contributed by atoms with Gasteiger partial charge in [0, 0.05) is 5.92 Å². The maximum Gasteiger partial charge on any atom is 0.220 e. The molecule has 2 rings (SSSR count). The molecule has 1 fully saturated rings. The maximum absolute atomic E-state index is 10.9. The first-order valence-corrected chi connectivity index (χ1v) is 4.40. The molecule has 0 bridgehead atoms. The summed E-state index contributed by atoms with van der Waals surface area (Å²) in [6.07, 6.45) is 3.72. The molecule has 4 heteroatoms. The lowest BCUT2D eigenvalue weighted by Gasteiger charge is -2.16. The Morgan fingerprint density at radius 2 is 2.33 bits per heavy atom. The summed E-state index contributed by atoms with van der Waals surface area (Å²) in [6, 6.07) is 0. The normalized spacial score (nSPS) is 39.5. The Morgan fingerprint density at radius 3 is 2.83 bits per heavy atom. The number of azo groups is 1. The van der Waals surface area contributed by atoms with Crippen molar-refractivity contribution in [2.45, 2.75) is 31.2 Å². The fourth-order valence-corrected chi connectivity index (χ4v) is 2.17. The Morgan fingerprint density at radius 1 is 1.50 bits per heavy atom. The van der Waals surface area contributed by atoms with Crippen LogP contribution >= 0.6 is 0 Å². The molecule has 1 aliphatic carbocycles. The van der Waals surface area contributed by atoms with Gasteiger partial charge in [0.05, 0.1) is 12.1 Å². The van der Waals surface area contributed by atoms with Crippen molar-refractivity contribution in [1.82, 2.24) is 0 Å². The van der Waals surface area contributed by atoms with Gasteiger partial charge in [-0.05, 0) is 25.7 Å². The molecule has 0 aromatic heterocycles. The molecule has 2 atom stereocenters. The number of hydrogen-bond acceptors (Lipinski definition) is 3. The summed E-state index contributed by atoms with van der Waals surface area (Å²) in [7, 11) is 0. The number of nitrogens with zero attached hydrogens (tertiary/aromatic N) is 2. The van der Waals surface area contributed by atoms with Gasteiger partial charge in [0.2, 0.25) is 5.91 Å². The summed E-state index contributed by atoms with van der Waals surface area (Å²) in [5.41, 5.74) is 5.24. The van der Waals surface area contributed by atoms with E-state index in [2.05, 4.69) is 10.2 Å². The quantitative estimate of drug-likeness (QED) is 0.618. The van der Waals surface area contributed by atoms with Gasteiger partial charge in [0.15, 0.2) is 0 Å². The Hall–Kier alpha value is -0.930. The van der Waals surface area contributed by atoms with Gasteiger partial charge in [0.1, 0.15) is 0 Å². The molecule has 2 aliphatic rings. The summed E-state index contributed by atoms with van der Waals surface area (Å²) in [4.78, 5) is 10.9. The molecule has 1 saturated carbocycles. The molecule has 1 heterocycles. The molecule has 0 saturated heterocycles. The molecule has 1 amide bonds. The second kappa shape index (κ2) is 2.54. The molecule has 2 N–H and O–H groups in total. The van der Waals surface area contributed by atoms with Crippen LogP contribution in [0.25, 0.3) is 0 Å². The predicted octanol–water partition coefficient (Wildman–Crippen LogP) is 0.866. The highest BCUT2D eigenvalue weighted by molar-refractivity contribution is 5.77. The van der Waals surface area contributed by atoms with E-state index in [0.717, 1.165) is 32.2 Å². The topological polar surface area (TPSA) is 67.8 Å². The van der Waals surface area contributed by atoms with E-state index in [4.69, 9.17) is 5.73 Å². The first-order chi connectivity index (χ1) is 5.72. The van der Waals surface area contributed by atoms with Gasteiger partial charge in [-0.1, -0.05) is 0 Å². The molecule has 1 aliphatic heterocycles. The summed E-state index contributed by atoms with van der Waals surface area (Å²) in [6.45, 7) is 0.825. The van der Waals surface area contributed by atoms with Gasteiger partial charge in [-0.15, -0.1) is 0 Å². The van der Waals surface area contributed by atoms with Crippen LogP contribution in [0.15, 0.2) is 10.2 Å². The lowest BCUT2D eigenvalue weighted by molar-refractivity contribution is -0.121. The van der Waals surface area contributed by atoms with Gasteiger partial charge in [0.25, 0.3) is 0 Å². The van der Waals surface area contributed by atoms with Crippen LogP contribution in [-0.2, 0) is 4.79 Å². The number of primary amides is 1. The third-order valence-electron chi connectivity index (χ3n) is 2.95. The van der Waals surface area contributed by atoms with Crippen molar-refractivity contribution in [3.63, 3.8) is 0 Å². The minimum atomic E-state index is -0.172. The third-order valence-corrected chi connectivity index (χ3v) is 2.95. The molecule has 1 spiro atoms. The van der Waals surface area contributed by atoms with Gasteiger partial charge < -0.3 is 5.73 Å². The number of carbonyl (C=O) groups excluding carboxylic acids is 1. The van der Waals surface area contributed by atoms with Crippen molar-refractivity contribution in [1.29, 1.82) is 0 Å². The molecular weight excluding hydrogens is 154 g/mol. The van der Waals surface area contributed by atoms with Crippen molar-refractivity contribution in [3.8, 4) is 0 Å². The van der Waals surface area contributed by atoms with Crippen molar-refractivity contribution in [3.05, 3.63) is 0 Å². The predicted molar refractivity (Wildman–Crippen MR) is 43.6 cm³/mol. The zero-order chi connectivity index (χ0) is 8.60. The summed E-state index contributed by atoms with van der Waals surface area (Å²) in [5, 5.41) is 8.20. The average molecular weight is 167 g/mol. The highest BCUT2D eigenvalue weighted by Gasteiger charge is 2.43. The monoisotopic (exact) mass is 167 g/mol. The maximum atomic E-state index is 10.9. The second-order valence-electron chi connectivity index (χ2n) is 3.78. The SMILES string of the molecule is NC(=O)C1CCC2(CCN=N2)C1. The lowest BCUT2D eigenvalue weighted by Crippen LogP contribution is -2.25. The van der Waals surface area contributed by atoms with Crippen LogP contribution in [0.1, 0.15) is 25.7 Å². The first-order valence-electron chi connectivity index (χ1n) is 4.40. The second-order valence-corrected chi connectivity index (χ2v) is 3.78. The van der Waals surface area contributed by atoms with Crippen molar-refractivity contribution < 1.29 is 4.79 Å². The molecule has 0 radical (unpaired) electrons. The van der Waals surface area contributed by atoms with Crippen molar-refractivity contribution in [2.24, 2.45) is 21.9 Å². The number of hydrogen-bond donors (Lipinski definition) is 1. The van der Waals surface area contributed by atoms with Crippen LogP contribution in [0.5, 0.6) is 0 Å². The first kappa shape index (κ1) is 7.71. The van der Waals surface area contributed by atoms with E-state index in [0.29, 0.717) is 0 Å². The summed E-state index contributed by atoms with van der Waals surface area (Å²) >= 11 is 0. The molecule has 12 heavy (non-hydrogen) atoms. The standard InChI is InChI=1S/C8H13N3O/c9-7(12)6-1-2-8(5-6)3-4-10-11-8/h6H,1-5H2,(H2,9,12). The average Bonchev–Trinajstić information content (AvgIpc) is 2.62. The molecule has 4 nitrogen and oxygen atoms in total.